The molecule has 0 saturated carbocycles. The number of methoxy groups -OCH3 is 1. The Morgan fingerprint density at radius 2 is 1.88 bits per heavy atom. The van der Waals surface area contributed by atoms with E-state index < -0.39 is 6.04 Å². The smallest absolute Gasteiger partial charge is 0.327 e. The van der Waals surface area contributed by atoms with E-state index in [0.717, 1.165) is 24.8 Å². The molecule has 1 aliphatic carbocycles. The number of esters is 1. The van der Waals surface area contributed by atoms with Crippen molar-refractivity contribution >= 4 is 23.5 Å². The normalized spacial score (nSPS) is 22.1. The van der Waals surface area contributed by atoms with Crippen molar-refractivity contribution in [1.82, 2.24) is 9.80 Å². The van der Waals surface area contributed by atoms with Crippen molar-refractivity contribution < 1.29 is 14.3 Å². The van der Waals surface area contributed by atoms with Gasteiger partial charge >= 0.3 is 5.97 Å². The van der Waals surface area contributed by atoms with E-state index in [2.05, 4.69) is 17.1 Å². The van der Waals surface area contributed by atoms with Crippen LogP contribution in [0.3, 0.4) is 0 Å². The van der Waals surface area contributed by atoms with E-state index in [0.29, 0.717) is 31.2 Å². The van der Waals surface area contributed by atoms with Crippen LogP contribution >= 0.6 is 11.6 Å². The van der Waals surface area contributed by atoms with Crippen molar-refractivity contribution in [3.63, 3.8) is 0 Å². The van der Waals surface area contributed by atoms with Crippen LogP contribution in [0, 0.1) is 5.92 Å². The first-order valence-electron chi connectivity index (χ1n) is 9.12. The monoisotopic (exact) mass is 376 g/mol. The summed E-state index contributed by atoms with van der Waals surface area (Å²) in [5.74, 6) is 0.0168. The van der Waals surface area contributed by atoms with Crippen LogP contribution in [-0.4, -0.2) is 55.0 Å². The summed E-state index contributed by atoms with van der Waals surface area (Å²) in [6.07, 6.45) is 7.00. The molecule has 1 aromatic carbocycles. The van der Waals surface area contributed by atoms with Crippen molar-refractivity contribution in [3.05, 3.63) is 47.0 Å². The highest BCUT2D eigenvalue weighted by Gasteiger charge is 2.34. The molecule has 0 aromatic heterocycles. The topological polar surface area (TPSA) is 49.9 Å². The third-order valence-electron chi connectivity index (χ3n) is 5.23. The summed E-state index contributed by atoms with van der Waals surface area (Å²) < 4.78 is 5.02. The maximum atomic E-state index is 12.7. The summed E-state index contributed by atoms with van der Waals surface area (Å²) >= 11 is 6.31. The zero-order valence-corrected chi connectivity index (χ0v) is 15.8. The molecule has 0 spiro atoms. The molecular formula is C20H25ClN2O3. The minimum absolute atomic E-state index is 0.103. The number of halogens is 1. The first kappa shape index (κ1) is 18.9. The van der Waals surface area contributed by atoms with Gasteiger partial charge in [-0.25, -0.2) is 4.79 Å². The quantitative estimate of drug-likeness (QED) is 0.598. The maximum Gasteiger partial charge on any atom is 0.327 e. The number of amides is 1. The number of ether oxygens (including phenoxy) is 1. The van der Waals surface area contributed by atoms with Crippen LogP contribution in [-0.2, 0) is 14.3 Å². The molecule has 26 heavy (non-hydrogen) atoms. The second-order valence-corrected chi connectivity index (χ2v) is 7.20. The Balaban J connectivity index is 1.68. The second-order valence-electron chi connectivity index (χ2n) is 6.79. The molecule has 140 valence electrons. The van der Waals surface area contributed by atoms with Gasteiger partial charge in [-0.2, -0.15) is 0 Å². The van der Waals surface area contributed by atoms with Gasteiger partial charge in [0.1, 0.15) is 6.04 Å². The first-order chi connectivity index (χ1) is 12.6. The Hall–Kier alpha value is -1.85. The molecule has 0 unspecified atom stereocenters. The van der Waals surface area contributed by atoms with E-state index in [4.69, 9.17) is 16.3 Å². The molecule has 1 fully saturated rings. The van der Waals surface area contributed by atoms with E-state index in [-0.39, 0.29) is 17.8 Å². The van der Waals surface area contributed by atoms with Crippen LogP contribution in [0.2, 0.25) is 5.02 Å². The molecule has 6 heteroatoms. The molecule has 2 atom stereocenters. The number of hydrogen-bond acceptors (Lipinski definition) is 4. The molecule has 0 bridgehead atoms. The average molecular weight is 377 g/mol. The zero-order chi connectivity index (χ0) is 18.5. The minimum Gasteiger partial charge on any atom is -0.468 e. The Labute approximate surface area is 159 Å². The van der Waals surface area contributed by atoms with Crippen LogP contribution in [0.25, 0.3) is 0 Å². The molecular weight excluding hydrogens is 352 g/mol. The summed E-state index contributed by atoms with van der Waals surface area (Å²) in [6, 6.07) is 6.81. The van der Waals surface area contributed by atoms with Crippen molar-refractivity contribution in [2.24, 2.45) is 5.92 Å². The fourth-order valence-corrected chi connectivity index (χ4v) is 4.00. The highest BCUT2D eigenvalue weighted by Crippen LogP contribution is 2.30. The van der Waals surface area contributed by atoms with E-state index in [1.54, 1.807) is 6.07 Å². The highest BCUT2D eigenvalue weighted by molar-refractivity contribution is 6.31. The molecule has 1 heterocycles. The zero-order valence-electron chi connectivity index (χ0n) is 15.1. The van der Waals surface area contributed by atoms with Gasteiger partial charge in [0, 0.05) is 37.1 Å². The number of nitrogens with zero attached hydrogens (tertiary/aromatic N) is 2. The predicted octanol–water partition coefficient (Wildman–Crippen LogP) is 3.05. The summed E-state index contributed by atoms with van der Waals surface area (Å²) in [5, 5.41) is 0.551. The van der Waals surface area contributed by atoms with E-state index in [1.807, 2.05) is 23.1 Å². The van der Waals surface area contributed by atoms with Gasteiger partial charge in [0.25, 0.3) is 0 Å². The third kappa shape index (κ3) is 4.10. The molecule has 1 aliphatic heterocycles. The van der Waals surface area contributed by atoms with Gasteiger partial charge in [-0.3, -0.25) is 9.69 Å². The van der Waals surface area contributed by atoms with Gasteiger partial charge in [-0.1, -0.05) is 42.0 Å². The Bertz CT molecular complexity index is 683. The van der Waals surface area contributed by atoms with Crippen LogP contribution in [0.4, 0.5) is 0 Å². The van der Waals surface area contributed by atoms with Crippen LogP contribution in [0.1, 0.15) is 30.9 Å². The van der Waals surface area contributed by atoms with Gasteiger partial charge < -0.3 is 9.64 Å². The average Bonchev–Trinajstić information content (AvgIpc) is 2.70. The molecule has 0 N–H and O–H groups in total. The molecule has 1 saturated heterocycles. The number of hydrogen-bond donors (Lipinski definition) is 0. The van der Waals surface area contributed by atoms with Gasteiger partial charge in [0.2, 0.25) is 5.91 Å². The van der Waals surface area contributed by atoms with Crippen molar-refractivity contribution in [1.29, 1.82) is 0 Å². The Kier molecular flexibility index (Phi) is 6.33. The fraction of sp³-hybridized carbons (Fsp3) is 0.500. The van der Waals surface area contributed by atoms with Crippen LogP contribution in [0.5, 0.6) is 0 Å². The summed E-state index contributed by atoms with van der Waals surface area (Å²) in [6.45, 7) is 2.49. The molecule has 0 radical (unpaired) electrons. The minimum atomic E-state index is -0.538. The number of piperazine rings is 1. The van der Waals surface area contributed by atoms with Crippen molar-refractivity contribution in [2.45, 2.75) is 25.3 Å². The molecule has 1 aromatic rings. The fourth-order valence-electron chi connectivity index (χ4n) is 3.76. The summed E-state index contributed by atoms with van der Waals surface area (Å²) in [7, 11) is 1.39. The van der Waals surface area contributed by atoms with E-state index in [9.17, 15) is 9.59 Å². The van der Waals surface area contributed by atoms with E-state index >= 15 is 0 Å². The van der Waals surface area contributed by atoms with Gasteiger partial charge in [0.15, 0.2) is 0 Å². The Morgan fingerprint density at radius 1 is 1.15 bits per heavy atom. The number of allylic oxidation sites excluding steroid dienone is 2. The SMILES string of the molecule is COC(=O)[C@H](c1ccccc1Cl)N1CCN(C(=O)[C@@H]2CC=CCC2)CC1. The van der Waals surface area contributed by atoms with Crippen molar-refractivity contribution in [3.8, 4) is 0 Å². The number of benzene rings is 1. The second kappa shape index (κ2) is 8.69. The number of carbonyl (C=O) groups excluding carboxylic acids is 2. The lowest BCUT2D eigenvalue weighted by atomic mass is 9.93. The predicted molar refractivity (Wildman–Crippen MR) is 101 cm³/mol. The lowest BCUT2D eigenvalue weighted by Crippen LogP contribution is -2.52. The number of rotatable bonds is 4. The molecule has 5 nitrogen and oxygen atoms in total. The third-order valence-corrected chi connectivity index (χ3v) is 5.58. The Morgan fingerprint density at radius 3 is 2.50 bits per heavy atom. The molecule has 3 rings (SSSR count). The van der Waals surface area contributed by atoms with Crippen LogP contribution in [0.15, 0.2) is 36.4 Å². The van der Waals surface area contributed by atoms with Crippen LogP contribution < -0.4 is 0 Å². The molecule has 2 aliphatic rings. The van der Waals surface area contributed by atoms with Gasteiger partial charge in [-0.15, -0.1) is 0 Å². The summed E-state index contributed by atoms with van der Waals surface area (Å²) in [5.41, 5.74) is 0.748. The lowest BCUT2D eigenvalue weighted by molar-refractivity contribution is -0.149. The molecule has 1 amide bonds. The van der Waals surface area contributed by atoms with Crippen molar-refractivity contribution in [2.75, 3.05) is 33.3 Å². The maximum absolute atomic E-state index is 12.7. The largest absolute Gasteiger partial charge is 0.468 e. The summed E-state index contributed by atoms with van der Waals surface area (Å²) in [4.78, 5) is 29.1. The standard InChI is InChI=1S/C20H25ClN2O3/c1-26-20(25)18(16-9-5-6-10-17(16)21)22-11-13-23(14-12-22)19(24)15-7-3-2-4-8-15/h2-3,5-6,9-10,15,18H,4,7-8,11-14H2,1H3/t15-,18+/m1/s1. The number of carbonyl (C=O) groups is 2. The first-order valence-corrected chi connectivity index (χ1v) is 9.49. The van der Waals surface area contributed by atoms with Gasteiger partial charge in [0.05, 0.1) is 7.11 Å². The lowest BCUT2D eigenvalue weighted by Gasteiger charge is -2.39. The van der Waals surface area contributed by atoms with Gasteiger partial charge in [-0.05, 0) is 30.9 Å². The van der Waals surface area contributed by atoms with E-state index in [1.165, 1.54) is 7.11 Å². The highest BCUT2D eigenvalue weighted by atomic mass is 35.5.